The summed E-state index contributed by atoms with van der Waals surface area (Å²) in [5.41, 5.74) is 3.23. The first-order chi connectivity index (χ1) is 13.1. The number of fused-ring (bicyclic) bond motifs is 1. The molecule has 5 heteroatoms. The van der Waals surface area contributed by atoms with Crippen LogP contribution in [0.4, 0.5) is 5.69 Å². The lowest BCUT2D eigenvalue weighted by molar-refractivity contribution is -0.117. The fourth-order valence-corrected chi connectivity index (χ4v) is 3.45. The van der Waals surface area contributed by atoms with Crippen LogP contribution in [-0.4, -0.2) is 24.8 Å². The largest absolute Gasteiger partial charge is 0.488 e. The first-order valence-electron chi connectivity index (χ1n) is 8.86. The predicted molar refractivity (Wildman–Crippen MR) is 106 cm³/mol. The van der Waals surface area contributed by atoms with E-state index in [-0.39, 0.29) is 11.7 Å². The van der Waals surface area contributed by atoms with Crippen LogP contribution in [0.15, 0.2) is 60.2 Å². The molecule has 2 aromatic carbocycles. The van der Waals surface area contributed by atoms with Crippen molar-refractivity contribution in [1.82, 2.24) is 0 Å². The standard InChI is InChI=1S/C22H18ClNO3/c23-18-6-10-21-17(13-18)12-15(14-27-21)3-9-20(25)16-4-7-19(8-5-16)24-11-1-2-22(24)26/h3-10,12-13H,1-2,11,14H2/b9-3+. The molecule has 2 aliphatic heterocycles. The molecule has 0 aliphatic carbocycles. The second-order valence-corrected chi connectivity index (χ2v) is 7.02. The molecule has 0 spiro atoms. The van der Waals surface area contributed by atoms with Crippen LogP contribution in [0.5, 0.6) is 5.75 Å². The third kappa shape index (κ3) is 3.81. The number of hydrogen-bond donors (Lipinski definition) is 0. The van der Waals surface area contributed by atoms with Crippen molar-refractivity contribution in [2.75, 3.05) is 18.1 Å². The average Bonchev–Trinajstić information content (AvgIpc) is 3.11. The van der Waals surface area contributed by atoms with Gasteiger partial charge >= 0.3 is 0 Å². The minimum Gasteiger partial charge on any atom is -0.488 e. The molecular weight excluding hydrogens is 362 g/mol. The van der Waals surface area contributed by atoms with Gasteiger partial charge in [0, 0.05) is 34.8 Å². The molecule has 0 unspecified atom stereocenters. The van der Waals surface area contributed by atoms with E-state index in [0.29, 0.717) is 23.6 Å². The van der Waals surface area contributed by atoms with E-state index < -0.39 is 0 Å². The number of allylic oxidation sites excluding steroid dienone is 1. The number of carbonyl (C=O) groups excluding carboxylic acids is 2. The van der Waals surface area contributed by atoms with E-state index in [4.69, 9.17) is 16.3 Å². The lowest BCUT2D eigenvalue weighted by Crippen LogP contribution is -2.23. The van der Waals surface area contributed by atoms with Gasteiger partial charge in [-0.3, -0.25) is 9.59 Å². The molecule has 0 bridgehead atoms. The highest BCUT2D eigenvalue weighted by atomic mass is 35.5. The van der Waals surface area contributed by atoms with Crippen molar-refractivity contribution < 1.29 is 14.3 Å². The van der Waals surface area contributed by atoms with E-state index >= 15 is 0 Å². The van der Waals surface area contributed by atoms with Gasteiger partial charge < -0.3 is 9.64 Å². The SMILES string of the molecule is O=C(/C=C/C1=Cc2cc(Cl)ccc2OC1)c1ccc(N2CCCC2=O)cc1. The molecule has 4 rings (SSSR count). The van der Waals surface area contributed by atoms with Crippen LogP contribution < -0.4 is 9.64 Å². The summed E-state index contributed by atoms with van der Waals surface area (Å²) in [6.07, 6.45) is 6.75. The van der Waals surface area contributed by atoms with E-state index in [9.17, 15) is 9.59 Å². The number of ketones is 1. The van der Waals surface area contributed by atoms with Crippen LogP contribution in [0.25, 0.3) is 6.08 Å². The minimum absolute atomic E-state index is 0.0907. The van der Waals surface area contributed by atoms with Gasteiger partial charge in [-0.1, -0.05) is 17.7 Å². The van der Waals surface area contributed by atoms with Crippen molar-refractivity contribution in [3.63, 3.8) is 0 Å². The zero-order valence-electron chi connectivity index (χ0n) is 14.7. The van der Waals surface area contributed by atoms with Gasteiger partial charge in [0.05, 0.1) is 0 Å². The summed E-state index contributed by atoms with van der Waals surface area (Å²) in [4.78, 5) is 26.0. The fraction of sp³-hybridized carbons (Fsp3) is 0.182. The summed E-state index contributed by atoms with van der Waals surface area (Å²) < 4.78 is 5.68. The summed E-state index contributed by atoms with van der Waals surface area (Å²) >= 11 is 6.02. The Morgan fingerprint density at radius 3 is 2.70 bits per heavy atom. The topological polar surface area (TPSA) is 46.6 Å². The summed E-state index contributed by atoms with van der Waals surface area (Å²) in [5, 5.41) is 0.645. The van der Waals surface area contributed by atoms with Crippen LogP contribution >= 0.6 is 11.6 Å². The number of carbonyl (C=O) groups is 2. The highest BCUT2D eigenvalue weighted by molar-refractivity contribution is 6.30. The normalized spacial score (nSPS) is 16.3. The number of anilines is 1. The molecule has 136 valence electrons. The van der Waals surface area contributed by atoms with Crippen LogP contribution in [0.1, 0.15) is 28.8 Å². The number of benzene rings is 2. The summed E-state index contributed by atoms with van der Waals surface area (Å²) in [7, 11) is 0. The maximum Gasteiger partial charge on any atom is 0.227 e. The lowest BCUT2D eigenvalue weighted by Gasteiger charge is -2.16. The van der Waals surface area contributed by atoms with E-state index in [1.165, 1.54) is 0 Å². The number of hydrogen-bond acceptors (Lipinski definition) is 3. The summed E-state index contributed by atoms with van der Waals surface area (Å²) in [5.74, 6) is 0.834. The molecule has 2 aromatic rings. The van der Waals surface area contributed by atoms with Crippen molar-refractivity contribution in [2.24, 2.45) is 0 Å². The van der Waals surface area contributed by atoms with Crippen LogP contribution in [0, 0.1) is 0 Å². The van der Waals surface area contributed by atoms with Gasteiger partial charge in [-0.05, 0) is 66.6 Å². The van der Waals surface area contributed by atoms with Gasteiger partial charge in [0.1, 0.15) is 12.4 Å². The van der Waals surface area contributed by atoms with E-state index in [2.05, 4.69) is 0 Å². The Labute approximate surface area is 162 Å². The smallest absolute Gasteiger partial charge is 0.227 e. The molecule has 4 nitrogen and oxygen atoms in total. The molecule has 27 heavy (non-hydrogen) atoms. The maximum atomic E-state index is 12.4. The minimum atomic E-state index is -0.0907. The molecule has 0 radical (unpaired) electrons. The van der Waals surface area contributed by atoms with Gasteiger partial charge in [0.25, 0.3) is 0 Å². The average molecular weight is 380 g/mol. The van der Waals surface area contributed by atoms with Gasteiger partial charge in [0.2, 0.25) is 5.91 Å². The maximum absolute atomic E-state index is 12.4. The van der Waals surface area contributed by atoms with Crippen molar-refractivity contribution >= 4 is 35.1 Å². The van der Waals surface area contributed by atoms with Crippen LogP contribution in [-0.2, 0) is 4.79 Å². The molecule has 1 amide bonds. The second-order valence-electron chi connectivity index (χ2n) is 6.58. The van der Waals surface area contributed by atoms with Gasteiger partial charge in [-0.2, -0.15) is 0 Å². The molecule has 2 aliphatic rings. The Hall–Kier alpha value is -2.85. The number of nitrogens with zero attached hydrogens (tertiary/aromatic N) is 1. The molecule has 1 saturated heterocycles. The Morgan fingerprint density at radius 1 is 1.15 bits per heavy atom. The Morgan fingerprint density at radius 2 is 1.96 bits per heavy atom. The monoisotopic (exact) mass is 379 g/mol. The molecule has 0 saturated carbocycles. The highest BCUT2D eigenvalue weighted by Crippen LogP contribution is 2.29. The number of amides is 1. The van der Waals surface area contributed by atoms with Crippen LogP contribution in [0.2, 0.25) is 5.02 Å². The molecule has 1 fully saturated rings. The number of halogens is 1. The quantitative estimate of drug-likeness (QED) is 0.572. The molecule has 0 N–H and O–H groups in total. The molecule has 0 atom stereocenters. The van der Waals surface area contributed by atoms with E-state index in [1.54, 1.807) is 35.3 Å². The first kappa shape index (κ1) is 17.6. The Bertz CT molecular complexity index is 960. The molecular formula is C22H18ClNO3. The predicted octanol–water partition coefficient (Wildman–Crippen LogP) is 4.68. The fourth-order valence-electron chi connectivity index (χ4n) is 3.27. The van der Waals surface area contributed by atoms with E-state index in [0.717, 1.165) is 35.5 Å². The van der Waals surface area contributed by atoms with E-state index in [1.807, 2.05) is 30.3 Å². The lowest BCUT2D eigenvalue weighted by atomic mass is 10.1. The van der Waals surface area contributed by atoms with Crippen LogP contribution in [0.3, 0.4) is 0 Å². The van der Waals surface area contributed by atoms with Crippen molar-refractivity contribution in [1.29, 1.82) is 0 Å². The van der Waals surface area contributed by atoms with Gasteiger partial charge in [-0.25, -0.2) is 0 Å². The van der Waals surface area contributed by atoms with Crippen molar-refractivity contribution in [3.8, 4) is 5.75 Å². The highest BCUT2D eigenvalue weighted by Gasteiger charge is 2.21. The molecule has 0 aromatic heterocycles. The van der Waals surface area contributed by atoms with Crippen molar-refractivity contribution in [3.05, 3.63) is 76.3 Å². The number of ether oxygens (including phenoxy) is 1. The zero-order chi connectivity index (χ0) is 18.8. The molecule has 2 heterocycles. The van der Waals surface area contributed by atoms with Gasteiger partial charge in [-0.15, -0.1) is 0 Å². The Kier molecular flexibility index (Phi) is 4.82. The second kappa shape index (κ2) is 7.41. The van der Waals surface area contributed by atoms with Crippen molar-refractivity contribution in [2.45, 2.75) is 12.8 Å². The first-order valence-corrected chi connectivity index (χ1v) is 9.24. The third-order valence-electron chi connectivity index (χ3n) is 4.69. The summed E-state index contributed by atoms with van der Waals surface area (Å²) in [6, 6.07) is 12.6. The third-order valence-corrected chi connectivity index (χ3v) is 4.93. The Balaban J connectivity index is 1.47. The summed E-state index contributed by atoms with van der Waals surface area (Å²) in [6.45, 7) is 1.15. The zero-order valence-corrected chi connectivity index (χ0v) is 15.4. The van der Waals surface area contributed by atoms with Gasteiger partial charge in [0.15, 0.2) is 5.78 Å². The number of rotatable bonds is 4.